The summed E-state index contributed by atoms with van der Waals surface area (Å²) in [7, 11) is 0. The molecule has 0 aromatic heterocycles. The van der Waals surface area contributed by atoms with E-state index in [1.54, 1.807) is 0 Å². The molecule has 3 aliphatic heterocycles. The lowest BCUT2D eigenvalue weighted by Gasteiger charge is -2.45. The third-order valence-electron chi connectivity index (χ3n) is 8.71. The Kier molecular flexibility index (Phi) is 6.52. The largest absolute Gasteiger partial charge is 0.493 e. The predicted molar refractivity (Wildman–Crippen MR) is 143 cm³/mol. The zero-order valence-corrected chi connectivity index (χ0v) is 22.5. The molecule has 0 unspecified atom stereocenters. The van der Waals surface area contributed by atoms with Gasteiger partial charge in [-0.1, -0.05) is 11.2 Å². The van der Waals surface area contributed by atoms with E-state index in [-0.39, 0.29) is 5.60 Å². The van der Waals surface area contributed by atoms with E-state index in [1.165, 1.54) is 12.1 Å². The Morgan fingerprint density at radius 2 is 1.92 bits per heavy atom. The Bertz CT molecular complexity index is 1310. The SMILES string of the molecule is CCOc1cc(CN2CC3(CC(N4CCC(C)(C(=O)O)CC4)=NO3)C2)cc(C2CC2)c1-c1ccc(F)cc1F. The third-order valence-corrected chi connectivity index (χ3v) is 8.71. The third kappa shape index (κ3) is 4.97. The number of amidine groups is 1. The highest BCUT2D eigenvalue weighted by atomic mass is 19.1. The first-order chi connectivity index (χ1) is 18.7. The van der Waals surface area contributed by atoms with Crippen LogP contribution in [0.4, 0.5) is 8.78 Å². The number of likely N-dealkylation sites (tertiary alicyclic amines) is 2. The number of hydrogen-bond donors (Lipinski definition) is 1. The second kappa shape index (κ2) is 9.77. The van der Waals surface area contributed by atoms with E-state index in [2.05, 4.69) is 21.0 Å². The molecule has 7 nitrogen and oxygen atoms in total. The Morgan fingerprint density at radius 1 is 1.18 bits per heavy atom. The molecule has 1 saturated carbocycles. The molecule has 0 radical (unpaired) electrons. The maximum atomic E-state index is 14.8. The molecule has 4 aliphatic rings. The Hall–Kier alpha value is -3.20. The van der Waals surface area contributed by atoms with Crippen LogP contribution in [0.5, 0.6) is 5.75 Å². The summed E-state index contributed by atoms with van der Waals surface area (Å²) in [5, 5.41) is 13.9. The maximum absolute atomic E-state index is 14.8. The van der Waals surface area contributed by atoms with Gasteiger partial charge in [-0.05, 0) is 74.8 Å². The number of nitrogens with zero attached hydrogens (tertiary/aromatic N) is 3. The molecule has 208 valence electrons. The summed E-state index contributed by atoms with van der Waals surface area (Å²) in [6.45, 7) is 7.74. The zero-order valence-electron chi connectivity index (χ0n) is 22.5. The normalized spacial score (nSPS) is 21.8. The van der Waals surface area contributed by atoms with Crippen molar-refractivity contribution in [3.05, 3.63) is 53.1 Å². The number of carboxylic acid groups (broad SMARTS) is 1. The lowest BCUT2D eigenvalue weighted by Crippen LogP contribution is -2.61. The number of ether oxygens (including phenoxy) is 1. The summed E-state index contributed by atoms with van der Waals surface area (Å²) in [6.07, 6.45) is 4.03. The Labute approximate surface area is 227 Å². The molecule has 2 aromatic rings. The van der Waals surface area contributed by atoms with Gasteiger partial charge in [0.25, 0.3) is 0 Å². The van der Waals surface area contributed by atoms with E-state index >= 15 is 0 Å². The average molecular weight is 540 g/mol. The first-order valence-electron chi connectivity index (χ1n) is 13.9. The highest BCUT2D eigenvalue weighted by Crippen LogP contribution is 2.49. The van der Waals surface area contributed by atoms with Crippen molar-refractivity contribution in [3.8, 4) is 16.9 Å². The zero-order chi connectivity index (χ0) is 27.4. The van der Waals surface area contributed by atoms with Gasteiger partial charge in [0, 0.05) is 49.9 Å². The fourth-order valence-electron chi connectivity index (χ4n) is 6.21. The summed E-state index contributed by atoms with van der Waals surface area (Å²) in [6, 6.07) is 7.89. The van der Waals surface area contributed by atoms with E-state index < -0.39 is 23.0 Å². The first-order valence-corrected chi connectivity index (χ1v) is 13.9. The maximum Gasteiger partial charge on any atom is 0.309 e. The van der Waals surface area contributed by atoms with Crippen LogP contribution >= 0.6 is 0 Å². The van der Waals surface area contributed by atoms with Gasteiger partial charge in [0.05, 0.1) is 18.4 Å². The summed E-state index contributed by atoms with van der Waals surface area (Å²) >= 11 is 0. The molecule has 9 heteroatoms. The molecule has 3 heterocycles. The van der Waals surface area contributed by atoms with E-state index in [9.17, 15) is 18.7 Å². The van der Waals surface area contributed by atoms with Gasteiger partial charge in [-0.2, -0.15) is 0 Å². The second-order valence-electron chi connectivity index (χ2n) is 11.8. The fourth-order valence-corrected chi connectivity index (χ4v) is 6.21. The van der Waals surface area contributed by atoms with Gasteiger partial charge in [-0.15, -0.1) is 0 Å². The molecule has 3 fully saturated rings. The molecule has 1 aliphatic carbocycles. The van der Waals surface area contributed by atoms with Crippen LogP contribution in [-0.2, 0) is 16.2 Å². The highest BCUT2D eigenvalue weighted by Gasteiger charge is 2.51. The Balaban J connectivity index is 1.14. The number of carboxylic acids is 1. The lowest BCUT2D eigenvalue weighted by atomic mass is 9.80. The predicted octanol–water partition coefficient (Wildman–Crippen LogP) is 5.38. The van der Waals surface area contributed by atoms with Crippen LogP contribution in [0.15, 0.2) is 35.5 Å². The van der Waals surface area contributed by atoms with Gasteiger partial charge in [-0.3, -0.25) is 9.69 Å². The van der Waals surface area contributed by atoms with Crippen molar-refractivity contribution in [2.45, 2.75) is 64.0 Å². The van der Waals surface area contributed by atoms with E-state index in [0.717, 1.165) is 60.9 Å². The number of hydrogen-bond acceptors (Lipinski definition) is 6. The minimum atomic E-state index is -0.731. The van der Waals surface area contributed by atoms with Gasteiger partial charge in [0.2, 0.25) is 0 Å². The van der Waals surface area contributed by atoms with Crippen molar-refractivity contribution < 1.29 is 28.3 Å². The summed E-state index contributed by atoms with van der Waals surface area (Å²) in [5.74, 6) is 0.0110. The van der Waals surface area contributed by atoms with E-state index in [1.807, 2.05) is 19.9 Å². The lowest BCUT2D eigenvalue weighted by molar-refractivity contribution is -0.150. The summed E-state index contributed by atoms with van der Waals surface area (Å²) in [4.78, 5) is 22.0. The number of aliphatic carboxylic acids is 1. The number of rotatable bonds is 7. The van der Waals surface area contributed by atoms with Crippen molar-refractivity contribution >= 4 is 11.8 Å². The molecule has 0 atom stereocenters. The van der Waals surface area contributed by atoms with Gasteiger partial charge in [0.15, 0.2) is 5.60 Å². The topological polar surface area (TPSA) is 74.6 Å². The van der Waals surface area contributed by atoms with Crippen molar-refractivity contribution in [1.82, 2.24) is 9.80 Å². The standard InChI is InChI=1S/C30H35F2N3O4/c1-3-38-25-13-19(12-23(20-4-5-20)27(25)22-7-6-21(31)14-24(22)32)16-34-17-30(18-34)15-26(33-39-30)35-10-8-29(2,9-11-35)28(36)37/h6-7,12-14,20H,3-5,8-11,15-18H2,1-2H3,(H,36,37). The minimum Gasteiger partial charge on any atom is -0.493 e. The minimum absolute atomic E-state index is 0.331. The molecule has 0 bridgehead atoms. The van der Waals surface area contributed by atoms with Crippen LogP contribution < -0.4 is 4.74 Å². The Morgan fingerprint density at radius 3 is 2.56 bits per heavy atom. The fraction of sp³-hybridized carbons (Fsp3) is 0.533. The van der Waals surface area contributed by atoms with Crippen molar-refractivity contribution in [1.29, 1.82) is 0 Å². The molecule has 1 N–H and O–H groups in total. The molecule has 6 rings (SSSR count). The van der Waals surface area contributed by atoms with Gasteiger partial charge < -0.3 is 19.6 Å². The first kappa shape index (κ1) is 26.0. The highest BCUT2D eigenvalue weighted by molar-refractivity contribution is 5.85. The van der Waals surface area contributed by atoms with Crippen molar-refractivity contribution in [3.63, 3.8) is 0 Å². The smallest absolute Gasteiger partial charge is 0.309 e. The van der Waals surface area contributed by atoms with E-state index in [4.69, 9.17) is 9.57 Å². The number of oxime groups is 1. The molecule has 1 spiro atoms. The molecule has 39 heavy (non-hydrogen) atoms. The summed E-state index contributed by atoms with van der Waals surface area (Å²) < 4.78 is 34.5. The van der Waals surface area contributed by atoms with Crippen LogP contribution in [0.25, 0.3) is 11.1 Å². The molecular weight excluding hydrogens is 504 g/mol. The van der Waals surface area contributed by atoms with Crippen LogP contribution in [-0.4, -0.2) is 65.1 Å². The van der Waals surface area contributed by atoms with Crippen LogP contribution in [0.1, 0.15) is 63.0 Å². The van der Waals surface area contributed by atoms with Crippen molar-refractivity contribution in [2.75, 3.05) is 32.8 Å². The number of piperidine rings is 1. The van der Waals surface area contributed by atoms with Crippen LogP contribution in [0.3, 0.4) is 0 Å². The quantitative estimate of drug-likeness (QED) is 0.509. The van der Waals surface area contributed by atoms with Gasteiger partial charge >= 0.3 is 5.97 Å². The van der Waals surface area contributed by atoms with Crippen LogP contribution in [0.2, 0.25) is 0 Å². The number of benzene rings is 2. The van der Waals surface area contributed by atoms with E-state index in [0.29, 0.717) is 56.3 Å². The van der Waals surface area contributed by atoms with Crippen LogP contribution in [0, 0.1) is 17.0 Å². The molecular formula is C30H35F2N3O4. The molecule has 0 amide bonds. The second-order valence-corrected chi connectivity index (χ2v) is 11.8. The molecule has 2 saturated heterocycles. The number of carbonyl (C=O) groups is 1. The average Bonchev–Trinajstić information content (AvgIpc) is 3.63. The number of halogens is 2. The summed E-state index contributed by atoms with van der Waals surface area (Å²) in [5.41, 5.74) is 2.28. The van der Waals surface area contributed by atoms with Gasteiger partial charge in [-0.25, -0.2) is 8.78 Å². The monoisotopic (exact) mass is 539 g/mol. The molecule has 2 aromatic carbocycles. The van der Waals surface area contributed by atoms with Crippen molar-refractivity contribution in [2.24, 2.45) is 10.6 Å². The van der Waals surface area contributed by atoms with Gasteiger partial charge in [0.1, 0.15) is 23.2 Å².